The molecule has 0 aromatic heterocycles. The predicted molar refractivity (Wildman–Crippen MR) is 95.5 cm³/mol. The van der Waals surface area contributed by atoms with E-state index in [1.165, 1.54) is 0 Å². The Morgan fingerprint density at radius 1 is 1.29 bits per heavy atom. The van der Waals surface area contributed by atoms with Crippen LogP contribution in [0.3, 0.4) is 0 Å². The van der Waals surface area contributed by atoms with E-state index in [4.69, 9.17) is 4.74 Å². The van der Waals surface area contributed by atoms with Crippen LogP contribution in [0.5, 0.6) is 5.75 Å². The summed E-state index contributed by atoms with van der Waals surface area (Å²) in [7, 11) is 0. The first kappa shape index (κ1) is 16.4. The van der Waals surface area contributed by atoms with E-state index in [-0.39, 0.29) is 24.8 Å². The second kappa shape index (κ2) is 7.40. The molecule has 5 nitrogen and oxygen atoms in total. The number of hydrogen-bond donors (Lipinski definition) is 2. The summed E-state index contributed by atoms with van der Waals surface area (Å²) in [6.07, 6.45) is 2.05. The first-order valence-corrected chi connectivity index (χ1v) is 8.85. The fraction of sp³-hybridized carbons (Fsp3) is 0.222. The van der Waals surface area contributed by atoms with Crippen LogP contribution in [0.1, 0.15) is 6.42 Å². The van der Waals surface area contributed by atoms with Crippen molar-refractivity contribution in [2.75, 3.05) is 23.5 Å². The molecule has 6 heteroatoms. The van der Waals surface area contributed by atoms with Gasteiger partial charge in [0.2, 0.25) is 11.8 Å². The maximum absolute atomic E-state index is 12.3. The topological polar surface area (TPSA) is 67.4 Å². The zero-order chi connectivity index (χ0) is 16.9. The number of amides is 2. The fourth-order valence-electron chi connectivity index (χ4n) is 2.48. The Kier molecular flexibility index (Phi) is 5.05. The first-order chi connectivity index (χ1) is 11.7. The largest absolute Gasteiger partial charge is 0.491 e. The first-order valence-electron chi connectivity index (χ1n) is 7.62. The van der Waals surface area contributed by atoms with Crippen molar-refractivity contribution in [1.82, 2.24) is 0 Å². The van der Waals surface area contributed by atoms with Crippen molar-refractivity contribution in [3.05, 3.63) is 48.5 Å². The maximum atomic E-state index is 12.3. The molecular formula is C18H18N2O3S. The number of nitrogens with one attached hydrogen (secondary N) is 2. The summed E-state index contributed by atoms with van der Waals surface area (Å²) < 4.78 is 5.65. The van der Waals surface area contributed by atoms with E-state index >= 15 is 0 Å². The molecule has 2 aromatic rings. The second-order valence-electron chi connectivity index (χ2n) is 5.48. The van der Waals surface area contributed by atoms with Gasteiger partial charge in [0.1, 0.15) is 12.4 Å². The predicted octanol–water partition coefficient (Wildman–Crippen LogP) is 3.38. The van der Waals surface area contributed by atoms with Crippen LogP contribution in [0.2, 0.25) is 0 Å². The van der Waals surface area contributed by atoms with E-state index in [1.54, 1.807) is 23.9 Å². The molecule has 1 aliphatic heterocycles. The zero-order valence-corrected chi connectivity index (χ0v) is 14.1. The van der Waals surface area contributed by atoms with Gasteiger partial charge in [0.25, 0.3) is 0 Å². The highest BCUT2D eigenvalue weighted by atomic mass is 32.2. The Morgan fingerprint density at radius 3 is 2.96 bits per heavy atom. The SMILES string of the molecule is CSc1cccc(NC(=O)CC2COc3ccccc3NC2=O)c1. The third kappa shape index (κ3) is 3.89. The third-order valence-corrected chi connectivity index (χ3v) is 4.47. The van der Waals surface area contributed by atoms with Gasteiger partial charge in [0.15, 0.2) is 0 Å². The number of carbonyl (C=O) groups excluding carboxylic acids is 2. The van der Waals surface area contributed by atoms with Crippen molar-refractivity contribution in [2.24, 2.45) is 5.92 Å². The number of rotatable bonds is 4. The summed E-state index contributed by atoms with van der Waals surface area (Å²) in [5.74, 6) is -0.307. The van der Waals surface area contributed by atoms with Gasteiger partial charge in [0.05, 0.1) is 11.6 Å². The van der Waals surface area contributed by atoms with Gasteiger partial charge >= 0.3 is 0 Å². The van der Waals surface area contributed by atoms with Gasteiger partial charge in [-0.2, -0.15) is 0 Å². The lowest BCUT2D eigenvalue weighted by Crippen LogP contribution is -2.29. The van der Waals surface area contributed by atoms with Crippen LogP contribution in [0, 0.1) is 5.92 Å². The molecule has 2 N–H and O–H groups in total. The Balaban J connectivity index is 1.63. The molecule has 1 heterocycles. The summed E-state index contributed by atoms with van der Waals surface area (Å²) >= 11 is 1.61. The quantitative estimate of drug-likeness (QED) is 0.836. The van der Waals surface area contributed by atoms with Crippen molar-refractivity contribution in [2.45, 2.75) is 11.3 Å². The van der Waals surface area contributed by atoms with Gasteiger partial charge in [-0.1, -0.05) is 18.2 Å². The highest BCUT2D eigenvalue weighted by Crippen LogP contribution is 2.28. The molecule has 1 atom stereocenters. The molecule has 0 radical (unpaired) electrons. The van der Waals surface area contributed by atoms with Crippen molar-refractivity contribution < 1.29 is 14.3 Å². The Hall–Kier alpha value is -2.47. The molecule has 0 aliphatic carbocycles. The van der Waals surface area contributed by atoms with Crippen LogP contribution >= 0.6 is 11.8 Å². The van der Waals surface area contributed by atoms with Crippen LogP contribution in [0.4, 0.5) is 11.4 Å². The van der Waals surface area contributed by atoms with E-state index < -0.39 is 5.92 Å². The molecule has 0 bridgehead atoms. The molecule has 0 saturated heterocycles. The lowest BCUT2D eigenvalue weighted by Gasteiger charge is -2.13. The molecule has 1 aliphatic rings. The van der Waals surface area contributed by atoms with Crippen LogP contribution in [-0.4, -0.2) is 24.7 Å². The molecule has 0 fully saturated rings. The summed E-state index contributed by atoms with van der Waals surface area (Å²) in [5.41, 5.74) is 1.36. The Bertz CT molecular complexity index is 763. The van der Waals surface area contributed by atoms with Crippen molar-refractivity contribution in [3.8, 4) is 5.75 Å². The molecule has 0 spiro atoms. The van der Waals surface area contributed by atoms with E-state index in [2.05, 4.69) is 10.6 Å². The minimum atomic E-state index is -0.527. The van der Waals surface area contributed by atoms with Gasteiger partial charge in [-0.3, -0.25) is 9.59 Å². The summed E-state index contributed by atoms with van der Waals surface area (Å²) in [6.45, 7) is 0.182. The number of fused-ring (bicyclic) bond motifs is 1. The van der Waals surface area contributed by atoms with Crippen LogP contribution in [0.15, 0.2) is 53.4 Å². The van der Waals surface area contributed by atoms with E-state index in [1.807, 2.05) is 42.7 Å². The van der Waals surface area contributed by atoms with Gasteiger partial charge in [0, 0.05) is 17.0 Å². The van der Waals surface area contributed by atoms with E-state index in [0.29, 0.717) is 11.4 Å². The summed E-state index contributed by atoms with van der Waals surface area (Å²) in [6, 6.07) is 14.9. The van der Waals surface area contributed by atoms with Crippen molar-refractivity contribution in [1.29, 1.82) is 0 Å². The average molecular weight is 342 g/mol. The van der Waals surface area contributed by atoms with Crippen molar-refractivity contribution in [3.63, 3.8) is 0 Å². The average Bonchev–Trinajstić information content (AvgIpc) is 2.74. The van der Waals surface area contributed by atoms with Crippen LogP contribution in [0.25, 0.3) is 0 Å². The van der Waals surface area contributed by atoms with Crippen molar-refractivity contribution >= 4 is 35.0 Å². The lowest BCUT2D eigenvalue weighted by molar-refractivity contribution is -0.125. The van der Waals surface area contributed by atoms with Crippen LogP contribution < -0.4 is 15.4 Å². The number of carbonyl (C=O) groups is 2. The van der Waals surface area contributed by atoms with E-state index in [9.17, 15) is 9.59 Å². The lowest BCUT2D eigenvalue weighted by atomic mass is 10.1. The minimum Gasteiger partial charge on any atom is -0.491 e. The zero-order valence-electron chi connectivity index (χ0n) is 13.2. The van der Waals surface area contributed by atoms with Gasteiger partial charge in [-0.15, -0.1) is 11.8 Å². The molecule has 2 aromatic carbocycles. The van der Waals surface area contributed by atoms with Gasteiger partial charge in [-0.25, -0.2) is 0 Å². The number of ether oxygens (including phenoxy) is 1. The molecule has 2 amide bonds. The standard InChI is InChI=1S/C18H18N2O3S/c1-24-14-6-4-5-13(10-14)19-17(21)9-12-11-23-16-8-3-2-7-15(16)20-18(12)22/h2-8,10,12H,9,11H2,1H3,(H,19,21)(H,20,22). The smallest absolute Gasteiger partial charge is 0.231 e. The fourth-order valence-corrected chi connectivity index (χ4v) is 2.94. The molecule has 3 rings (SSSR count). The van der Waals surface area contributed by atoms with Gasteiger partial charge < -0.3 is 15.4 Å². The number of benzene rings is 2. The number of anilines is 2. The summed E-state index contributed by atoms with van der Waals surface area (Å²) in [5, 5.41) is 5.65. The normalized spacial score (nSPS) is 16.4. The van der Waals surface area contributed by atoms with Crippen LogP contribution in [-0.2, 0) is 9.59 Å². The maximum Gasteiger partial charge on any atom is 0.231 e. The third-order valence-electron chi connectivity index (χ3n) is 3.74. The Morgan fingerprint density at radius 2 is 2.12 bits per heavy atom. The second-order valence-corrected chi connectivity index (χ2v) is 6.36. The molecule has 124 valence electrons. The number of para-hydroxylation sites is 2. The molecule has 0 saturated carbocycles. The number of thioether (sulfide) groups is 1. The Labute approximate surface area is 144 Å². The highest BCUT2D eigenvalue weighted by Gasteiger charge is 2.26. The monoisotopic (exact) mass is 342 g/mol. The van der Waals surface area contributed by atoms with Gasteiger partial charge in [-0.05, 0) is 36.6 Å². The molecule has 1 unspecified atom stereocenters. The summed E-state index contributed by atoms with van der Waals surface area (Å²) in [4.78, 5) is 25.6. The van der Waals surface area contributed by atoms with E-state index in [0.717, 1.165) is 10.6 Å². The highest BCUT2D eigenvalue weighted by molar-refractivity contribution is 7.98. The molecular weight excluding hydrogens is 324 g/mol. The number of hydrogen-bond acceptors (Lipinski definition) is 4. The minimum absolute atomic E-state index is 0.0727. The molecule has 24 heavy (non-hydrogen) atoms.